The van der Waals surface area contributed by atoms with E-state index in [2.05, 4.69) is 5.32 Å². The first-order chi connectivity index (χ1) is 5.91. The third-order valence-corrected chi connectivity index (χ3v) is 1.25. The number of hydrogen-bond acceptors (Lipinski definition) is 3. The number of carboxylic acids is 2. The van der Waals surface area contributed by atoms with Gasteiger partial charge in [-0.25, -0.2) is 0 Å². The third kappa shape index (κ3) is 6.79. The van der Waals surface area contributed by atoms with Gasteiger partial charge in [-0.2, -0.15) is 0 Å². The number of aliphatic carboxylic acids is 2. The summed E-state index contributed by atoms with van der Waals surface area (Å²) in [7, 11) is 0. The van der Waals surface area contributed by atoms with Gasteiger partial charge in [0, 0.05) is 13.0 Å². The number of hydrogen-bond donors (Lipinski definition) is 3. The molecule has 0 spiro atoms. The average molecular weight is 189 g/mol. The molecule has 0 bridgehead atoms. The van der Waals surface area contributed by atoms with Gasteiger partial charge < -0.3 is 15.5 Å². The minimum Gasteiger partial charge on any atom is -0.481 e. The van der Waals surface area contributed by atoms with Crippen LogP contribution >= 0.6 is 0 Å². The van der Waals surface area contributed by atoms with Gasteiger partial charge in [-0.05, 0) is 0 Å². The molecule has 0 heterocycles. The molecule has 0 fully saturated rings. The zero-order chi connectivity index (χ0) is 10.4. The van der Waals surface area contributed by atoms with Crippen LogP contribution in [0.15, 0.2) is 0 Å². The predicted octanol–water partition coefficient (Wildman–Crippen LogP) is -0.559. The van der Waals surface area contributed by atoms with Crippen LogP contribution in [0.25, 0.3) is 0 Å². The second kappa shape index (κ2) is 5.13. The van der Waals surface area contributed by atoms with Crippen molar-refractivity contribution in [3.8, 4) is 0 Å². The van der Waals surface area contributed by atoms with Crippen molar-refractivity contribution < 1.29 is 24.6 Å². The van der Waals surface area contributed by atoms with Gasteiger partial charge in [0.25, 0.3) is 0 Å². The molecule has 0 aromatic carbocycles. The first-order valence-electron chi connectivity index (χ1n) is 3.62. The molecule has 74 valence electrons. The second-order valence-corrected chi connectivity index (χ2v) is 2.59. The largest absolute Gasteiger partial charge is 0.481 e. The van der Waals surface area contributed by atoms with Crippen LogP contribution in [-0.2, 0) is 14.4 Å². The molecule has 0 rings (SSSR count). The lowest BCUT2D eigenvalue weighted by Crippen LogP contribution is -2.36. The Labute approximate surface area is 74.6 Å². The standard InChI is InChI=1S/C7H11NO5/c1-4(9)8-5(2-6(10)11)3-7(12)13/h5H,2-3H2,1H3,(H,8,9)(H,10,11)(H,12,13). The van der Waals surface area contributed by atoms with Crippen molar-refractivity contribution in [2.45, 2.75) is 25.8 Å². The topological polar surface area (TPSA) is 104 Å². The van der Waals surface area contributed by atoms with Crippen LogP contribution in [0, 0.1) is 0 Å². The Bertz CT molecular complexity index is 187. The fourth-order valence-corrected chi connectivity index (χ4v) is 0.883. The molecule has 1 amide bonds. The molecule has 0 aliphatic rings. The van der Waals surface area contributed by atoms with Gasteiger partial charge in [-0.3, -0.25) is 14.4 Å². The summed E-state index contributed by atoms with van der Waals surface area (Å²) in [5, 5.41) is 19.0. The van der Waals surface area contributed by atoms with Crippen LogP contribution in [-0.4, -0.2) is 34.1 Å². The lowest BCUT2D eigenvalue weighted by Gasteiger charge is -2.12. The highest BCUT2D eigenvalue weighted by molar-refractivity contribution is 5.77. The van der Waals surface area contributed by atoms with E-state index in [-0.39, 0.29) is 12.8 Å². The van der Waals surface area contributed by atoms with Gasteiger partial charge in [0.15, 0.2) is 0 Å². The second-order valence-electron chi connectivity index (χ2n) is 2.59. The van der Waals surface area contributed by atoms with E-state index < -0.39 is 23.9 Å². The Kier molecular flexibility index (Phi) is 4.50. The molecule has 0 aliphatic heterocycles. The lowest BCUT2D eigenvalue weighted by atomic mass is 10.1. The summed E-state index contributed by atoms with van der Waals surface area (Å²) in [6.07, 6.45) is -0.766. The smallest absolute Gasteiger partial charge is 0.305 e. The molecule has 0 saturated carbocycles. The van der Waals surface area contributed by atoms with Gasteiger partial charge in [-0.15, -0.1) is 0 Å². The van der Waals surface area contributed by atoms with Crippen molar-refractivity contribution in [1.29, 1.82) is 0 Å². The summed E-state index contributed by atoms with van der Waals surface area (Å²) in [6, 6.07) is -0.840. The number of rotatable bonds is 5. The summed E-state index contributed by atoms with van der Waals surface area (Å²) in [4.78, 5) is 31.0. The molecule has 0 aliphatic carbocycles. The minimum atomic E-state index is -1.14. The Hall–Kier alpha value is -1.59. The van der Waals surface area contributed by atoms with E-state index in [0.29, 0.717) is 0 Å². The van der Waals surface area contributed by atoms with Gasteiger partial charge >= 0.3 is 11.9 Å². The van der Waals surface area contributed by atoms with Crippen molar-refractivity contribution in [3.05, 3.63) is 0 Å². The summed E-state index contributed by atoms with van der Waals surface area (Å²) in [5.41, 5.74) is 0. The highest BCUT2D eigenvalue weighted by atomic mass is 16.4. The summed E-state index contributed by atoms with van der Waals surface area (Å²) in [6.45, 7) is 1.21. The molecule has 0 radical (unpaired) electrons. The maximum Gasteiger partial charge on any atom is 0.305 e. The lowest BCUT2D eigenvalue weighted by molar-refractivity contribution is -0.139. The number of amides is 1. The molecule has 0 saturated heterocycles. The Balaban J connectivity index is 4.10. The number of carboxylic acid groups (broad SMARTS) is 2. The number of carbonyl (C=O) groups is 3. The highest BCUT2D eigenvalue weighted by Crippen LogP contribution is 1.98. The monoisotopic (exact) mass is 189 g/mol. The zero-order valence-electron chi connectivity index (χ0n) is 7.11. The van der Waals surface area contributed by atoms with Gasteiger partial charge in [0.2, 0.25) is 5.91 Å². The highest BCUT2D eigenvalue weighted by Gasteiger charge is 2.17. The molecule has 6 nitrogen and oxygen atoms in total. The molecular weight excluding hydrogens is 178 g/mol. The van der Waals surface area contributed by atoms with Crippen molar-refractivity contribution >= 4 is 17.8 Å². The third-order valence-electron chi connectivity index (χ3n) is 1.25. The Morgan fingerprint density at radius 3 is 1.77 bits per heavy atom. The summed E-state index contributed by atoms with van der Waals surface area (Å²) in [5.74, 6) is -2.72. The predicted molar refractivity (Wildman–Crippen MR) is 42.1 cm³/mol. The maximum atomic E-state index is 10.5. The van der Waals surface area contributed by atoms with Crippen molar-refractivity contribution in [3.63, 3.8) is 0 Å². The number of carbonyl (C=O) groups excluding carboxylic acids is 1. The van der Waals surface area contributed by atoms with Crippen molar-refractivity contribution in [2.75, 3.05) is 0 Å². The molecule has 0 atom stereocenters. The first-order valence-corrected chi connectivity index (χ1v) is 3.62. The fraction of sp³-hybridized carbons (Fsp3) is 0.571. The normalized spacial score (nSPS) is 9.69. The molecule has 13 heavy (non-hydrogen) atoms. The van der Waals surface area contributed by atoms with Crippen LogP contribution in [0.3, 0.4) is 0 Å². The van der Waals surface area contributed by atoms with E-state index in [9.17, 15) is 14.4 Å². The van der Waals surface area contributed by atoms with E-state index in [0.717, 1.165) is 0 Å². The van der Waals surface area contributed by atoms with E-state index in [1.54, 1.807) is 0 Å². The molecule has 3 N–H and O–H groups in total. The van der Waals surface area contributed by atoms with Crippen LogP contribution < -0.4 is 5.32 Å². The quantitative estimate of drug-likeness (QED) is 0.537. The van der Waals surface area contributed by atoms with E-state index in [1.807, 2.05) is 0 Å². The van der Waals surface area contributed by atoms with Crippen LogP contribution in [0.5, 0.6) is 0 Å². The number of nitrogens with one attached hydrogen (secondary N) is 1. The van der Waals surface area contributed by atoms with Gasteiger partial charge in [0.05, 0.1) is 12.8 Å². The molecule has 6 heteroatoms. The summed E-state index contributed by atoms with van der Waals surface area (Å²) < 4.78 is 0. The van der Waals surface area contributed by atoms with Crippen LogP contribution in [0.1, 0.15) is 19.8 Å². The molecule has 0 aromatic heterocycles. The van der Waals surface area contributed by atoms with Gasteiger partial charge in [0.1, 0.15) is 0 Å². The Morgan fingerprint density at radius 2 is 1.54 bits per heavy atom. The first kappa shape index (κ1) is 11.4. The maximum absolute atomic E-state index is 10.5. The van der Waals surface area contributed by atoms with Gasteiger partial charge in [-0.1, -0.05) is 0 Å². The van der Waals surface area contributed by atoms with Crippen molar-refractivity contribution in [1.82, 2.24) is 5.32 Å². The SMILES string of the molecule is CC(=O)NC(CC(=O)O)CC(=O)O. The fourth-order valence-electron chi connectivity index (χ4n) is 0.883. The molecule has 0 unspecified atom stereocenters. The van der Waals surface area contributed by atoms with Crippen LogP contribution in [0.4, 0.5) is 0 Å². The molecular formula is C7H11NO5. The van der Waals surface area contributed by atoms with E-state index in [4.69, 9.17) is 10.2 Å². The minimum absolute atomic E-state index is 0.383. The zero-order valence-corrected chi connectivity index (χ0v) is 7.11. The Morgan fingerprint density at radius 1 is 1.15 bits per heavy atom. The van der Waals surface area contributed by atoms with E-state index >= 15 is 0 Å². The molecule has 0 aromatic rings. The van der Waals surface area contributed by atoms with E-state index in [1.165, 1.54) is 6.92 Å². The summed E-state index contributed by atoms with van der Waals surface area (Å²) >= 11 is 0. The van der Waals surface area contributed by atoms with Crippen LogP contribution in [0.2, 0.25) is 0 Å². The van der Waals surface area contributed by atoms with Crippen molar-refractivity contribution in [2.24, 2.45) is 0 Å². The average Bonchev–Trinajstić information content (AvgIpc) is 1.80.